The van der Waals surface area contributed by atoms with Gasteiger partial charge in [0.2, 0.25) is 0 Å². The van der Waals surface area contributed by atoms with E-state index in [0.717, 1.165) is 12.8 Å². The molecular formula is C21H26N2. The van der Waals surface area contributed by atoms with Crippen molar-refractivity contribution in [3.63, 3.8) is 0 Å². The van der Waals surface area contributed by atoms with Gasteiger partial charge in [-0.25, -0.2) is 0 Å². The Bertz CT molecular complexity index is 584. The molecule has 0 bridgehead atoms. The third-order valence-electron chi connectivity index (χ3n) is 5.04. The van der Waals surface area contributed by atoms with Gasteiger partial charge in [0, 0.05) is 0 Å². The van der Waals surface area contributed by atoms with E-state index in [9.17, 15) is 5.26 Å². The summed E-state index contributed by atoms with van der Waals surface area (Å²) < 4.78 is 0. The van der Waals surface area contributed by atoms with Crippen molar-refractivity contribution >= 4 is 0 Å². The van der Waals surface area contributed by atoms with Crippen molar-refractivity contribution in [3.8, 4) is 6.07 Å². The first kappa shape index (κ1) is 17.2. The normalized spacial score (nSPS) is 12.8. The van der Waals surface area contributed by atoms with Crippen LogP contribution < -0.4 is 5.32 Å². The monoisotopic (exact) mass is 306 g/mol. The van der Waals surface area contributed by atoms with Gasteiger partial charge >= 0.3 is 0 Å². The third kappa shape index (κ3) is 4.00. The van der Waals surface area contributed by atoms with Crippen molar-refractivity contribution < 1.29 is 0 Å². The Balaban J connectivity index is 2.37. The number of benzene rings is 2. The van der Waals surface area contributed by atoms with Crippen LogP contribution in [-0.4, -0.2) is 6.04 Å². The zero-order chi connectivity index (χ0) is 16.7. The van der Waals surface area contributed by atoms with Gasteiger partial charge in [-0.2, -0.15) is 5.26 Å². The molecule has 0 spiro atoms. The summed E-state index contributed by atoms with van der Waals surface area (Å²) in [5.74, 6) is 0. The molecule has 0 heterocycles. The molecule has 0 fully saturated rings. The molecule has 0 aliphatic rings. The van der Waals surface area contributed by atoms with Crippen LogP contribution in [0.25, 0.3) is 0 Å². The van der Waals surface area contributed by atoms with Gasteiger partial charge in [-0.1, -0.05) is 81.4 Å². The Hall–Kier alpha value is -2.11. The zero-order valence-corrected chi connectivity index (χ0v) is 14.3. The topological polar surface area (TPSA) is 35.8 Å². The predicted octanol–water partition coefficient (Wildman–Crippen LogP) is 5.08. The van der Waals surface area contributed by atoms with Gasteiger partial charge in [0.05, 0.1) is 12.1 Å². The molecule has 2 aromatic carbocycles. The Morgan fingerprint density at radius 3 is 1.70 bits per heavy atom. The fourth-order valence-electron chi connectivity index (χ4n) is 2.90. The van der Waals surface area contributed by atoms with Crippen LogP contribution in [0.5, 0.6) is 0 Å². The highest BCUT2D eigenvalue weighted by Gasteiger charge is 2.33. The summed E-state index contributed by atoms with van der Waals surface area (Å²) in [6.45, 7) is 6.52. The first-order valence-corrected chi connectivity index (χ1v) is 8.40. The minimum atomic E-state index is -0.192. The van der Waals surface area contributed by atoms with E-state index in [-0.39, 0.29) is 17.5 Å². The molecule has 0 amide bonds. The molecule has 23 heavy (non-hydrogen) atoms. The minimum absolute atomic E-state index is 0.0273. The fraction of sp³-hybridized carbons (Fsp3) is 0.381. The maximum Gasteiger partial charge on any atom is 0.101 e. The number of rotatable bonds is 7. The van der Waals surface area contributed by atoms with Crippen molar-refractivity contribution in [2.75, 3.05) is 0 Å². The molecule has 2 aromatic rings. The van der Waals surface area contributed by atoms with E-state index in [1.54, 1.807) is 0 Å². The van der Waals surface area contributed by atoms with E-state index in [4.69, 9.17) is 0 Å². The van der Waals surface area contributed by atoms with Crippen LogP contribution in [0.2, 0.25) is 0 Å². The summed E-state index contributed by atoms with van der Waals surface area (Å²) in [5, 5.41) is 13.4. The fourth-order valence-corrected chi connectivity index (χ4v) is 2.90. The summed E-state index contributed by atoms with van der Waals surface area (Å²) in [7, 11) is 0. The lowest BCUT2D eigenvalue weighted by Crippen LogP contribution is -2.44. The maximum atomic E-state index is 9.75. The molecule has 120 valence electrons. The smallest absolute Gasteiger partial charge is 0.101 e. The minimum Gasteiger partial charge on any atom is -0.291 e. The van der Waals surface area contributed by atoms with Crippen LogP contribution in [0.1, 0.15) is 50.8 Å². The van der Waals surface area contributed by atoms with E-state index < -0.39 is 0 Å². The largest absolute Gasteiger partial charge is 0.291 e. The van der Waals surface area contributed by atoms with Crippen LogP contribution in [-0.2, 0) is 0 Å². The average Bonchev–Trinajstić information content (AvgIpc) is 2.63. The molecule has 1 atom stereocenters. The molecule has 0 unspecified atom stereocenters. The predicted molar refractivity (Wildman–Crippen MR) is 96.0 cm³/mol. The Labute approximate surface area is 140 Å². The quantitative estimate of drug-likeness (QED) is 0.774. The van der Waals surface area contributed by atoms with Crippen molar-refractivity contribution in [2.24, 2.45) is 5.41 Å². The van der Waals surface area contributed by atoms with Gasteiger partial charge < -0.3 is 0 Å². The molecule has 2 heteroatoms. The second-order valence-corrected chi connectivity index (χ2v) is 6.34. The lowest BCUT2D eigenvalue weighted by atomic mass is 9.77. The van der Waals surface area contributed by atoms with E-state index in [2.05, 4.69) is 56.4 Å². The average molecular weight is 306 g/mol. The Morgan fingerprint density at radius 2 is 1.35 bits per heavy atom. The highest BCUT2D eigenvalue weighted by Crippen LogP contribution is 2.32. The van der Waals surface area contributed by atoms with E-state index in [1.165, 1.54) is 11.1 Å². The molecule has 1 N–H and O–H groups in total. The van der Waals surface area contributed by atoms with E-state index >= 15 is 0 Å². The number of nitrogens with one attached hydrogen (secondary N) is 1. The second-order valence-electron chi connectivity index (χ2n) is 6.34. The summed E-state index contributed by atoms with van der Waals surface area (Å²) >= 11 is 0. The van der Waals surface area contributed by atoms with Gasteiger partial charge in [0.1, 0.15) is 6.04 Å². The zero-order valence-electron chi connectivity index (χ0n) is 14.3. The van der Waals surface area contributed by atoms with Crippen molar-refractivity contribution in [2.45, 2.75) is 45.7 Å². The first-order valence-electron chi connectivity index (χ1n) is 8.40. The summed E-state index contributed by atoms with van der Waals surface area (Å²) in [6, 6.07) is 23.1. The van der Waals surface area contributed by atoms with Crippen LogP contribution >= 0.6 is 0 Å². The molecule has 0 saturated carbocycles. The van der Waals surface area contributed by atoms with Gasteiger partial charge in [-0.3, -0.25) is 5.32 Å². The summed E-state index contributed by atoms with van der Waals surface area (Å²) in [6.07, 6.45) is 1.95. The molecule has 0 aliphatic heterocycles. The number of nitriles is 1. The maximum absolute atomic E-state index is 9.75. The molecule has 2 nitrogen and oxygen atoms in total. The van der Waals surface area contributed by atoms with Crippen LogP contribution in [0.3, 0.4) is 0 Å². The molecule has 0 aliphatic carbocycles. The number of nitrogens with zero attached hydrogens (tertiary/aromatic N) is 1. The Morgan fingerprint density at radius 1 is 0.913 bits per heavy atom. The molecule has 0 aromatic heterocycles. The molecule has 0 saturated heterocycles. The van der Waals surface area contributed by atoms with Gasteiger partial charge in [-0.05, 0) is 29.4 Å². The van der Waals surface area contributed by atoms with Crippen LogP contribution in [0.15, 0.2) is 60.7 Å². The highest BCUT2D eigenvalue weighted by molar-refractivity contribution is 5.32. The van der Waals surface area contributed by atoms with Crippen molar-refractivity contribution in [1.29, 1.82) is 5.26 Å². The molecular weight excluding hydrogens is 280 g/mol. The first-order chi connectivity index (χ1) is 11.1. The number of hydrogen-bond donors (Lipinski definition) is 1. The SMILES string of the molecule is CCC(C)(CC)[C@@H](C#N)NC(c1ccccc1)c1ccccc1. The standard InChI is InChI=1S/C21H26N2/c1-4-21(3,5-2)19(16-22)23-20(17-12-8-6-9-13-17)18-14-10-7-11-15-18/h6-15,19-20,23H,4-5H2,1-3H3/t19-/m1/s1. The highest BCUT2D eigenvalue weighted by atomic mass is 15.0. The lowest BCUT2D eigenvalue weighted by molar-refractivity contribution is 0.227. The third-order valence-corrected chi connectivity index (χ3v) is 5.04. The van der Waals surface area contributed by atoms with Gasteiger partial charge in [-0.15, -0.1) is 0 Å². The molecule has 2 rings (SSSR count). The Kier molecular flexibility index (Phi) is 5.96. The van der Waals surface area contributed by atoms with Crippen molar-refractivity contribution in [1.82, 2.24) is 5.32 Å². The number of hydrogen-bond acceptors (Lipinski definition) is 2. The van der Waals surface area contributed by atoms with Crippen LogP contribution in [0.4, 0.5) is 0 Å². The summed E-state index contributed by atoms with van der Waals surface area (Å²) in [4.78, 5) is 0. The van der Waals surface area contributed by atoms with E-state index in [1.807, 2.05) is 36.4 Å². The summed E-state index contributed by atoms with van der Waals surface area (Å²) in [5.41, 5.74) is 2.35. The molecule has 0 radical (unpaired) electrons. The van der Waals surface area contributed by atoms with Gasteiger partial charge in [0.15, 0.2) is 0 Å². The van der Waals surface area contributed by atoms with Gasteiger partial charge in [0.25, 0.3) is 0 Å². The lowest BCUT2D eigenvalue weighted by Gasteiger charge is -2.35. The second kappa shape index (κ2) is 7.94. The van der Waals surface area contributed by atoms with Crippen molar-refractivity contribution in [3.05, 3.63) is 71.8 Å². The van der Waals surface area contributed by atoms with Crippen LogP contribution in [0, 0.1) is 16.7 Å². The van der Waals surface area contributed by atoms with E-state index in [0.29, 0.717) is 0 Å².